The Kier molecular flexibility index (Phi) is 11.2. The maximum absolute atomic E-state index is 14.4. The highest BCUT2D eigenvalue weighted by atomic mass is 16.6. The highest BCUT2D eigenvalue weighted by Gasteiger charge is 2.35. The fourth-order valence-electron chi connectivity index (χ4n) is 5.62. The zero-order valence-electron chi connectivity index (χ0n) is 26.4. The van der Waals surface area contributed by atoms with E-state index in [1.54, 1.807) is 31.0 Å². The number of hydrogen-bond donors (Lipinski definition) is 0. The molecule has 2 heterocycles. The number of ether oxygens (including phenoxy) is 2. The molecule has 3 rings (SSSR count). The number of carbonyl (C=O) groups is 3. The maximum atomic E-state index is 14.4. The molecule has 41 heavy (non-hydrogen) atoms. The van der Waals surface area contributed by atoms with Gasteiger partial charge in [-0.05, 0) is 78.4 Å². The van der Waals surface area contributed by atoms with Crippen LogP contribution in [0, 0.1) is 0 Å². The van der Waals surface area contributed by atoms with Crippen molar-refractivity contribution >= 4 is 28.8 Å². The van der Waals surface area contributed by atoms with E-state index in [1.807, 2.05) is 57.7 Å². The summed E-state index contributed by atoms with van der Waals surface area (Å²) in [5, 5.41) is 0.998. The summed E-state index contributed by atoms with van der Waals surface area (Å²) >= 11 is 0. The molecule has 1 saturated heterocycles. The minimum Gasteiger partial charge on any atom is -0.444 e. The van der Waals surface area contributed by atoms with Gasteiger partial charge in [-0.2, -0.15) is 0 Å². The fraction of sp³-hybridized carbons (Fsp3) is 0.656. The number of fused-ring (bicyclic) bond motifs is 1. The van der Waals surface area contributed by atoms with Gasteiger partial charge in [0.25, 0.3) is 5.91 Å². The van der Waals surface area contributed by atoms with Crippen LogP contribution in [0.15, 0.2) is 24.3 Å². The van der Waals surface area contributed by atoms with Crippen LogP contribution in [0.25, 0.3) is 10.9 Å². The molecule has 9 heteroatoms. The molecule has 0 saturated carbocycles. The average molecular weight is 571 g/mol. The van der Waals surface area contributed by atoms with Crippen molar-refractivity contribution in [3.05, 3.63) is 35.5 Å². The van der Waals surface area contributed by atoms with E-state index in [0.29, 0.717) is 44.8 Å². The zero-order chi connectivity index (χ0) is 30.3. The van der Waals surface area contributed by atoms with Gasteiger partial charge in [0, 0.05) is 65.3 Å². The molecule has 0 unspecified atom stereocenters. The number of hydrogen-bond acceptors (Lipinski definition) is 5. The third-order valence-electron chi connectivity index (χ3n) is 7.54. The van der Waals surface area contributed by atoms with Gasteiger partial charge in [0.05, 0.1) is 11.6 Å². The summed E-state index contributed by atoms with van der Waals surface area (Å²) in [4.78, 5) is 45.0. The summed E-state index contributed by atoms with van der Waals surface area (Å²) in [7, 11) is 5.24. The molecular formula is C32H50N4O5. The second kappa shape index (κ2) is 14.2. The third-order valence-corrected chi connectivity index (χ3v) is 7.54. The number of likely N-dealkylation sites (tertiary alicyclic amines) is 1. The van der Waals surface area contributed by atoms with Gasteiger partial charge in [0.2, 0.25) is 5.91 Å². The largest absolute Gasteiger partial charge is 0.444 e. The van der Waals surface area contributed by atoms with Crippen LogP contribution in [-0.2, 0) is 27.2 Å². The number of rotatable bonds is 11. The lowest BCUT2D eigenvalue weighted by Gasteiger charge is -2.41. The molecule has 1 atom stereocenters. The fourth-order valence-corrected chi connectivity index (χ4v) is 5.62. The first-order valence-electron chi connectivity index (χ1n) is 14.9. The third kappa shape index (κ3) is 8.47. The van der Waals surface area contributed by atoms with Gasteiger partial charge in [-0.3, -0.25) is 9.59 Å². The molecule has 1 aromatic carbocycles. The van der Waals surface area contributed by atoms with E-state index in [2.05, 4.69) is 10.6 Å². The smallest absolute Gasteiger partial charge is 0.410 e. The van der Waals surface area contributed by atoms with E-state index in [0.717, 1.165) is 42.1 Å². The van der Waals surface area contributed by atoms with E-state index >= 15 is 0 Å². The number of methoxy groups -OCH3 is 1. The van der Waals surface area contributed by atoms with Crippen LogP contribution in [-0.4, -0.2) is 95.8 Å². The summed E-state index contributed by atoms with van der Waals surface area (Å²) in [6, 6.07) is 7.94. The van der Waals surface area contributed by atoms with Gasteiger partial charge < -0.3 is 28.7 Å². The molecule has 1 aliphatic heterocycles. The predicted octanol–water partition coefficient (Wildman–Crippen LogP) is 5.34. The Morgan fingerprint density at radius 1 is 1.12 bits per heavy atom. The predicted molar refractivity (Wildman–Crippen MR) is 162 cm³/mol. The maximum Gasteiger partial charge on any atom is 0.410 e. The van der Waals surface area contributed by atoms with Gasteiger partial charge >= 0.3 is 6.09 Å². The van der Waals surface area contributed by atoms with Gasteiger partial charge in [-0.15, -0.1) is 0 Å². The Labute approximate surface area is 245 Å². The Morgan fingerprint density at radius 2 is 1.85 bits per heavy atom. The van der Waals surface area contributed by atoms with Gasteiger partial charge in [0.1, 0.15) is 11.3 Å². The second-order valence-electron chi connectivity index (χ2n) is 12.6. The number of para-hydroxylation sites is 1. The lowest BCUT2D eigenvalue weighted by molar-refractivity contribution is -0.128. The number of nitrogens with zero attached hydrogens (tertiary/aromatic N) is 4. The topological polar surface area (TPSA) is 84.3 Å². The SMILES string of the molecule is COCCCCn1c(C(=O)N(C(C)C)[C@@H]2CCCN(C(=O)OC(C)(C)C)C2)cc2cccc(CCC(=O)N(C)C)c21. The monoisotopic (exact) mass is 570 g/mol. The first kappa shape index (κ1) is 32.4. The van der Waals surface area contributed by atoms with Crippen molar-refractivity contribution in [2.45, 2.75) is 97.4 Å². The molecule has 0 bridgehead atoms. The van der Waals surface area contributed by atoms with Crippen LogP contribution in [0.3, 0.4) is 0 Å². The highest BCUT2D eigenvalue weighted by molar-refractivity contribution is 6.00. The first-order valence-corrected chi connectivity index (χ1v) is 14.9. The number of benzene rings is 1. The van der Waals surface area contributed by atoms with E-state index in [-0.39, 0.29) is 30.0 Å². The quantitative estimate of drug-likeness (QED) is 0.341. The normalized spacial score (nSPS) is 15.8. The van der Waals surface area contributed by atoms with Gasteiger partial charge in [-0.1, -0.05) is 18.2 Å². The molecule has 9 nitrogen and oxygen atoms in total. The lowest BCUT2D eigenvalue weighted by atomic mass is 10.0. The van der Waals surface area contributed by atoms with Crippen molar-refractivity contribution < 1.29 is 23.9 Å². The van der Waals surface area contributed by atoms with Crippen LogP contribution in [0.1, 0.15) is 82.8 Å². The van der Waals surface area contributed by atoms with Crippen LogP contribution in [0.5, 0.6) is 0 Å². The summed E-state index contributed by atoms with van der Waals surface area (Å²) in [6.07, 6.45) is 4.06. The molecule has 0 radical (unpaired) electrons. The molecule has 0 aliphatic carbocycles. The molecule has 0 N–H and O–H groups in total. The van der Waals surface area contributed by atoms with Crippen molar-refractivity contribution in [3.63, 3.8) is 0 Å². The number of unbranched alkanes of at least 4 members (excludes halogenated alkanes) is 1. The highest BCUT2D eigenvalue weighted by Crippen LogP contribution is 2.29. The Balaban J connectivity index is 1.97. The van der Waals surface area contributed by atoms with Gasteiger partial charge in [0.15, 0.2) is 0 Å². The number of aryl methyl sites for hydroxylation is 2. The van der Waals surface area contributed by atoms with Crippen molar-refractivity contribution in [1.29, 1.82) is 0 Å². The van der Waals surface area contributed by atoms with E-state index in [9.17, 15) is 14.4 Å². The van der Waals surface area contributed by atoms with Crippen molar-refractivity contribution in [2.24, 2.45) is 0 Å². The van der Waals surface area contributed by atoms with Gasteiger partial charge in [-0.25, -0.2) is 4.79 Å². The van der Waals surface area contributed by atoms with Crippen molar-refractivity contribution in [2.75, 3.05) is 40.9 Å². The van der Waals surface area contributed by atoms with E-state index in [1.165, 1.54) is 0 Å². The standard InChI is InChI=1S/C32H50N4O5/c1-23(2)36(26-15-12-18-34(22-26)31(39)41-32(3,4)5)30(38)27-21-25-14-11-13-24(16-17-28(37)33(6)7)29(25)35(27)19-9-10-20-40-8/h11,13-14,21,23,26H,9-10,12,15-20,22H2,1-8H3/t26-/m1/s1. The van der Waals surface area contributed by atoms with E-state index in [4.69, 9.17) is 9.47 Å². The zero-order valence-corrected chi connectivity index (χ0v) is 26.4. The van der Waals surface area contributed by atoms with E-state index < -0.39 is 5.60 Å². The summed E-state index contributed by atoms with van der Waals surface area (Å²) in [5.41, 5.74) is 2.15. The minimum atomic E-state index is -0.573. The van der Waals surface area contributed by atoms with Crippen LogP contribution < -0.4 is 0 Å². The summed E-state index contributed by atoms with van der Waals surface area (Å²) < 4.78 is 13.1. The Morgan fingerprint density at radius 3 is 2.49 bits per heavy atom. The van der Waals surface area contributed by atoms with Crippen molar-refractivity contribution in [3.8, 4) is 0 Å². The Hall–Kier alpha value is -3.07. The molecule has 228 valence electrons. The molecule has 0 spiro atoms. The molecule has 1 aliphatic rings. The molecule has 1 fully saturated rings. The first-order chi connectivity index (χ1) is 19.3. The molecule has 2 aromatic rings. The van der Waals surface area contributed by atoms with Crippen molar-refractivity contribution in [1.82, 2.24) is 19.3 Å². The number of aromatic nitrogens is 1. The number of amides is 3. The molecule has 3 amide bonds. The molecular weight excluding hydrogens is 520 g/mol. The van der Waals surface area contributed by atoms with Crippen LogP contribution in [0.2, 0.25) is 0 Å². The van der Waals surface area contributed by atoms with Crippen LogP contribution in [0.4, 0.5) is 4.79 Å². The average Bonchev–Trinajstić information content (AvgIpc) is 3.28. The Bertz CT molecular complexity index is 1200. The summed E-state index contributed by atoms with van der Waals surface area (Å²) in [5.74, 6) is 0.0450. The minimum absolute atomic E-state index is 0.0331. The van der Waals surface area contributed by atoms with Crippen LogP contribution >= 0.6 is 0 Å². The second-order valence-corrected chi connectivity index (χ2v) is 12.6. The molecule has 1 aromatic heterocycles. The number of carbonyl (C=O) groups excluding carboxylic acids is 3. The lowest BCUT2D eigenvalue weighted by Crippen LogP contribution is -2.54. The summed E-state index contributed by atoms with van der Waals surface area (Å²) in [6.45, 7) is 12.1. The number of piperidine rings is 1.